The van der Waals surface area contributed by atoms with Gasteiger partial charge in [-0.3, -0.25) is 0 Å². The van der Waals surface area contributed by atoms with Crippen molar-refractivity contribution >= 4 is 21.8 Å². The Morgan fingerprint density at radius 1 is 1.00 bits per heavy atom. The van der Waals surface area contributed by atoms with Gasteiger partial charge in [-0.25, -0.2) is 0 Å². The molecule has 21 heavy (non-hydrogen) atoms. The molecule has 0 amide bonds. The molecule has 1 heterocycles. The quantitative estimate of drug-likeness (QED) is 0.799. The van der Waals surface area contributed by atoms with Crippen molar-refractivity contribution in [1.29, 1.82) is 0 Å². The zero-order valence-electron chi connectivity index (χ0n) is 12.5. The average molecular weight is 285 g/mol. The molecule has 0 radical (unpaired) electrons. The second-order valence-corrected chi connectivity index (χ2v) is 4.97. The molecular formula is C17H19NO3. The SMILES string of the molecule is CCn1c2ccc(OC)cc2c2cc(CO)c(OC)cc21. The van der Waals surface area contributed by atoms with Crippen molar-refractivity contribution in [1.82, 2.24) is 4.57 Å². The second kappa shape index (κ2) is 5.30. The molecule has 3 aromatic rings. The summed E-state index contributed by atoms with van der Waals surface area (Å²) in [5.41, 5.74) is 3.06. The van der Waals surface area contributed by atoms with Gasteiger partial charge < -0.3 is 19.1 Å². The Labute approximate surface area is 123 Å². The van der Waals surface area contributed by atoms with E-state index in [4.69, 9.17) is 9.47 Å². The van der Waals surface area contributed by atoms with Gasteiger partial charge in [0, 0.05) is 34.5 Å². The van der Waals surface area contributed by atoms with E-state index in [1.807, 2.05) is 24.3 Å². The molecule has 1 aromatic heterocycles. The monoisotopic (exact) mass is 285 g/mol. The minimum atomic E-state index is -0.0398. The molecule has 0 spiro atoms. The summed E-state index contributed by atoms with van der Waals surface area (Å²) in [5, 5.41) is 11.8. The number of hydrogen-bond donors (Lipinski definition) is 1. The third-order valence-corrected chi connectivity index (χ3v) is 3.96. The highest BCUT2D eigenvalue weighted by molar-refractivity contribution is 6.09. The predicted octanol–water partition coefficient (Wildman–Crippen LogP) is 3.32. The molecule has 0 unspecified atom stereocenters. The Morgan fingerprint density at radius 2 is 1.76 bits per heavy atom. The van der Waals surface area contributed by atoms with Gasteiger partial charge in [-0.05, 0) is 31.2 Å². The van der Waals surface area contributed by atoms with E-state index in [1.165, 1.54) is 0 Å². The van der Waals surface area contributed by atoms with E-state index in [0.29, 0.717) is 0 Å². The molecule has 0 bridgehead atoms. The highest BCUT2D eigenvalue weighted by Gasteiger charge is 2.14. The van der Waals surface area contributed by atoms with Gasteiger partial charge in [-0.1, -0.05) is 0 Å². The van der Waals surface area contributed by atoms with Crippen LogP contribution in [0.4, 0.5) is 0 Å². The summed E-state index contributed by atoms with van der Waals surface area (Å²) in [4.78, 5) is 0. The lowest BCUT2D eigenvalue weighted by Gasteiger charge is -2.08. The number of ether oxygens (including phenoxy) is 2. The predicted molar refractivity (Wildman–Crippen MR) is 84.1 cm³/mol. The van der Waals surface area contributed by atoms with E-state index in [1.54, 1.807) is 14.2 Å². The molecule has 0 atom stereocenters. The minimum Gasteiger partial charge on any atom is -0.497 e. The molecule has 0 aliphatic carbocycles. The van der Waals surface area contributed by atoms with Gasteiger partial charge in [0.25, 0.3) is 0 Å². The van der Waals surface area contributed by atoms with Crippen LogP contribution < -0.4 is 9.47 Å². The Hall–Kier alpha value is -2.20. The van der Waals surface area contributed by atoms with Gasteiger partial charge in [0.05, 0.1) is 26.3 Å². The van der Waals surface area contributed by atoms with Crippen LogP contribution >= 0.6 is 0 Å². The smallest absolute Gasteiger partial charge is 0.126 e. The zero-order valence-corrected chi connectivity index (χ0v) is 12.5. The number of benzene rings is 2. The molecule has 0 aliphatic rings. The molecule has 4 nitrogen and oxygen atoms in total. The topological polar surface area (TPSA) is 43.6 Å². The lowest BCUT2D eigenvalue weighted by Crippen LogP contribution is -1.96. The molecule has 0 fully saturated rings. The summed E-state index contributed by atoms with van der Waals surface area (Å²) in [5.74, 6) is 1.55. The number of methoxy groups -OCH3 is 2. The van der Waals surface area contributed by atoms with E-state index >= 15 is 0 Å². The van der Waals surface area contributed by atoms with Gasteiger partial charge >= 0.3 is 0 Å². The Morgan fingerprint density at radius 3 is 2.38 bits per heavy atom. The van der Waals surface area contributed by atoms with Crippen molar-refractivity contribution < 1.29 is 14.6 Å². The Balaban J connectivity index is 2.44. The van der Waals surface area contributed by atoms with Gasteiger partial charge in [-0.2, -0.15) is 0 Å². The van der Waals surface area contributed by atoms with Gasteiger partial charge in [-0.15, -0.1) is 0 Å². The summed E-state index contributed by atoms with van der Waals surface area (Å²) < 4.78 is 13.0. The van der Waals surface area contributed by atoms with Gasteiger partial charge in [0.15, 0.2) is 0 Å². The second-order valence-electron chi connectivity index (χ2n) is 4.97. The number of aromatic nitrogens is 1. The standard InChI is InChI=1S/C17H19NO3/c1-4-18-15-6-5-12(20-2)8-14(15)13-7-11(10-19)17(21-3)9-16(13)18/h5-9,19H,4,10H2,1-3H3. The minimum absolute atomic E-state index is 0.0398. The lowest BCUT2D eigenvalue weighted by atomic mass is 10.1. The summed E-state index contributed by atoms with van der Waals surface area (Å²) in [6, 6.07) is 10.1. The van der Waals surface area contributed by atoms with E-state index in [2.05, 4.69) is 17.6 Å². The molecule has 0 aliphatic heterocycles. The van der Waals surface area contributed by atoms with Crippen LogP contribution in [0.2, 0.25) is 0 Å². The number of aliphatic hydroxyl groups is 1. The van der Waals surface area contributed by atoms with Gasteiger partial charge in [0.1, 0.15) is 11.5 Å². The molecule has 0 saturated heterocycles. The molecule has 4 heteroatoms. The van der Waals surface area contributed by atoms with E-state index in [0.717, 1.165) is 45.4 Å². The number of hydrogen-bond acceptors (Lipinski definition) is 3. The van der Waals surface area contributed by atoms with Crippen LogP contribution in [-0.4, -0.2) is 23.9 Å². The molecule has 0 saturated carbocycles. The van der Waals surface area contributed by atoms with Crippen molar-refractivity contribution in [3.05, 3.63) is 35.9 Å². The third-order valence-electron chi connectivity index (χ3n) is 3.96. The Kier molecular flexibility index (Phi) is 3.47. The third kappa shape index (κ3) is 2.03. The van der Waals surface area contributed by atoms with Crippen LogP contribution in [0.1, 0.15) is 12.5 Å². The summed E-state index contributed by atoms with van der Waals surface area (Å²) in [6.45, 7) is 2.95. The fourth-order valence-corrected chi connectivity index (χ4v) is 2.93. The number of nitrogens with zero attached hydrogens (tertiary/aromatic N) is 1. The first-order valence-corrected chi connectivity index (χ1v) is 7.01. The molecule has 3 rings (SSSR count). The number of aliphatic hydroxyl groups excluding tert-OH is 1. The van der Waals surface area contributed by atoms with Crippen LogP contribution in [0, 0.1) is 0 Å². The first-order valence-electron chi connectivity index (χ1n) is 7.01. The fourth-order valence-electron chi connectivity index (χ4n) is 2.93. The number of aryl methyl sites for hydroxylation is 1. The Bertz CT molecular complexity index is 805. The summed E-state index contributed by atoms with van der Waals surface area (Å²) >= 11 is 0. The largest absolute Gasteiger partial charge is 0.497 e. The average Bonchev–Trinajstić information content (AvgIpc) is 2.85. The normalized spacial score (nSPS) is 11.2. The number of rotatable bonds is 4. The maximum atomic E-state index is 9.53. The maximum absolute atomic E-state index is 9.53. The lowest BCUT2D eigenvalue weighted by molar-refractivity contribution is 0.274. The van der Waals surface area contributed by atoms with Crippen molar-refractivity contribution in [3.8, 4) is 11.5 Å². The highest BCUT2D eigenvalue weighted by atomic mass is 16.5. The molecular weight excluding hydrogens is 266 g/mol. The van der Waals surface area contributed by atoms with Gasteiger partial charge in [0.2, 0.25) is 0 Å². The summed E-state index contributed by atoms with van der Waals surface area (Å²) in [6.07, 6.45) is 0. The zero-order chi connectivity index (χ0) is 15.0. The van der Waals surface area contributed by atoms with E-state index in [9.17, 15) is 5.11 Å². The summed E-state index contributed by atoms with van der Waals surface area (Å²) in [7, 11) is 3.30. The van der Waals surface area contributed by atoms with Crippen molar-refractivity contribution in [3.63, 3.8) is 0 Å². The van der Waals surface area contributed by atoms with Crippen LogP contribution in [-0.2, 0) is 13.2 Å². The van der Waals surface area contributed by atoms with Crippen LogP contribution in [0.15, 0.2) is 30.3 Å². The molecule has 2 aromatic carbocycles. The fraction of sp³-hybridized carbons (Fsp3) is 0.294. The molecule has 1 N–H and O–H groups in total. The van der Waals surface area contributed by atoms with E-state index in [-0.39, 0.29) is 6.61 Å². The number of fused-ring (bicyclic) bond motifs is 3. The van der Waals surface area contributed by atoms with Crippen LogP contribution in [0.5, 0.6) is 11.5 Å². The van der Waals surface area contributed by atoms with Crippen molar-refractivity contribution in [2.75, 3.05) is 14.2 Å². The maximum Gasteiger partial charge on any atom is 0.126 e. The van der Waals surface area contributed by atoms with E-state index < -0.39 is 0 Å². The van der Waals surface area contributed by atoms with Crippen molar-refractivity contribution in [2.45, 2.75) is 20.1 Å². The van der Waals surface area contributed by atoms with Crippen molar-refractivity contribution in [2.24, 2.45) is 0 Å². The first-order chi connectivity index (χ1) is 10.2. The highest BCUT2D eigenvalue weighted by Crippen LogP contribution is 2.35. The first kappa shape index (κ1) is 13.8. The van der Waals surface area contributed by atoms with Crippen LogP contribution in [0.25, 0.3) is 21.8 Å². The van der Waals surface area contributed by atoms with Crippen LogP contribution in [0.3, 0.4) is 0 Å². The molecule has 110 valence electrons.